The zero-order valence-electron chi connectivity index (χ0n) is 9.41. The van der Waals surface area contributed by atoms with E-state index in [-0.39, 0.29) is 6.61 Å². The maximum absolute atomic E-state index is 8.97. The Bertz CT molecular complexity index is 517. The Kier molecular flexibility index (Phi) is 2.66. The highest BCUT2D eigenvalue weighted by Crippen LogP contribution is 2.29. The van der Waals surface area contributed by atoms with Crippen LogP contribution in [-0.2, 0) is 6.61 Å². The van der Waals surface area contributed by atoms with Crippen molar-refractivity contribution in [3.8, 4) is 11.3 Å². The second-order valence-corrected chi connectivity index (χ2v) is 3.86. The SMILES string of the molecule is Cc1ccc(N)c(C)c1-c1c[nH]c(CO)n1. The molecule has 0 aliphatic carbocycles. The first-order valence-electron chi connectivity index (χ1n) is 5.14. The van der Waals surface area contributed by atoms with Gasteiger partial charge < -0.3 is 15.8 Å². The van der Waals surface area contributed by atoms with Crippen molar-refractivity contribution in [2.24, 2.45) is 0 Å². The van der Waals surface area contributed by atoms with Gasteiger partial charge in [0, 0.05) is 17.4 Å². The molecule has 2 aromatic rings. The number of aliphatic hydroxyl groups excluding tert-OH is 1. The number of nitrogens with zero attached hydrogens (tertiary/aromatic N) is 1. The van der Waals surface area contributed by atoms with E-state index < -0.39 is 0 Å². The molecule has 1 heterocycles. The van der Waals surface area contributed by atoms with Gasteiger partial charge in [-0.05, 0) is 31.0 Å². The predicted molar refractivity (Wildman–Crippen MR) is 63.8 cm³/mol. The molecule has 4 nitrogen and oxygen atoms in total. The lowest BCUT2D eigenvalue weighted by molar-refractivity contribution is 0.272. The van der Waals surface area contributed by atoms with Crippen LogP contribution in [0.4, 0.5) is 5.69 Å². The first-order chi connectivity index (χ1) is 7.63. The smallest absolute Gasteiger partial charge is 0.132 e. The molecule has 0 aliphatic rings. The number of nitrogen functional groups attached to an aromatic ring is 1. The maximum atomic E-state index is 8.97. The van der Waals surface area contributed by atoms with Crippen LogP contribution in [0.25, 0.3) is 11.3 Å². The quantitative estimate of drug-likeness (QED) is 0.671. The number of aryl methyl sites for hydroxylation is 1. The predicted octanol–water partition coefficient (Wildman–Crippen LogP) is 1.77. The number of hydrogen-bond donors (Lipinski definition) is 3. The molecule has 4 heteroatoms. The van der Waals surface area contributed by atoms with Gasteiger partial charge in [-0.3, -0.25) is 0 Å². The number of aromatic amines is 1. The molecule has 0 aliphatic heterocycles. The third kappa shape index (κ3) is 1.67. The molecule has 0 radical (unpaired) electrons. The molecule has 4 N–H and O–H groups in total. The number of H-pyrrole nitrogens is 1. The summed E-state index contributed by atoms with van der Waals surface area (Å²) in [5, 5.41) is 8.97. The zero-order chi connectivity index (χ0) is 11.7. The van der Waals surface area contributed by atoms with E-state index in [9.17, 15) is 0 Å². The fourth-order valence-corrected chi connectivity index (χ4v) is 1.83. The maximum Gasteiger partial charge on any atom is 0.132 e. The Morgan fingerprint density at radius 3 is 2.75 bits per heavy atom. The first-order valence-corrected chi connectivity index (χ1v) is 5.14. The molecule has 0 fully saturated rings. The van der Waals surface area contributed by atoms with E-state index in [0.717, 1.165) is 28.1 Å². The summed E-state index contributed by atoms with van der Waals surface area (Å²) in [4.78, 5) is 7.23. The number of aliphatic hydroxyl groups is 1. The second-order valence-electron chi connectivity index (χ2n) is 3.86. The molecule has 1 aromatic carbocycles. The van der Waals surface area contributed by atoms with E-state index in [1.807, 2.05) is 26.0 Å². The third-order valence-electron chi connectivity index (χ3n) is 2.75. The van der Waals surface area contributed by atoms with Gasteiger partial charge in [0.1, 0.15) is 12.4 Å². The van der Waals surface area contributed by atoms with Crippen molar-refractivity contribution in [3.63, 3.8) is 0 Å². The molecule has 0 saturated carbocycles. The Morgan fingerprint density at radius 1 is 1.38 bits per heavy atom. The lowest BCUT2D eigenvalue weighted by atomic mass is 9.99. The molecule has 0 amide bonds. The van der Waals surface area contributed by atoms with Gasteiger partial charge >= 0.3 is 0 Å². The molecule has 0 saturated heterocycles. The second kappa shape index (κ2) is 3.98. The number of rotatable bonds is 2. The topological polar surface area (TPSA) is 74.9 Å². The Labute approximate surface area is 94.1 Å². The van der Waals surface area contributed by atoms with Crippen LogP contribution in [0.5, 0.6) is 0 Å². The molecule has 2 rings (SSSR count). The van der Waals surface area contributed by atoms with Crippen molar-refractivity contribution in [2.75, 3.05) is 5.73 Å². The number of aromatic nitrogens is 2. The summed E-state index contributed by atoms with van der Waals surface area (Å²) in [7, 11) is 0. The van der Waals surface area contributed by atoms with Gasteiger partial charge in [0.2, 0.25) is 0 Å². The fraction of sp³-hybridized carbons (Fsp3) is 0.250. The van der Waals surface area contributed by atoms with Crippen LogP contribution < -0.4 is 5.73 Å². The monoisotopic (exact) mass is 217 g/mol. The summed E-state index contributed by atoms with van der Waals surface area (Å²) >= 11 is 0. The average molecular weight is 217 g/mol. The Balaban J connectivity index is 2.58. The van der Waals surface area contributed by atoms with Crippen LogP contribution in [0.15, 0.2) is 18.3 Å². The highest BCUT2D eigenvalue weighted by Gasteiger charge is 2.11. The highest BCUT2D eigenvalue weighted by molar-refractivity contribution is 5.73. The van der Waals surface area contributed by atoms with Crippen molar-refractivity contribution in [2.45, 2.75) is 20.5 Å². The van der Waals surface area contributed by atoms with Crippen LogP contribution >= 0.6 is 0 Å². The molecule has 16 heavy (non-hydrogen) atoms. The summed E-state index contributed by atoms with van der Waals surface area (Å²) in [5.74, 6) is 0.566. The van der Waals surface area contributed by atoms with Gasteiger partial charge in [-0.1, -0.05) is 6.07 Å². The lowest BCUT2D eigenvalue weighted by Gasteiger charge is -2.09. The summed E-state index contributed by atoms with van der Waals surface area (Å²) in [5.41, 5.74) is 10.7. The van der Waals surface area contributed by atoms with Crippen molar-refractivity contribution in [3.05, 3.63) is 35.3 Å². The van der Waals surface area contributed by atoms with E-state index in [1.54, 1.807) is 6.20 Å². The molecule has 0 spiro atoms. The van der Waals surface area contributed by atoms with Crippen LogP contribution in [0.3, 0.4) is 0 Å². The van der Waals surface area contributed by atoms with Gasteiger partial charge in [0.15, 0.2) is 0 Å². The minimum atomic E-state index is -0.0829. The number of anilines is 1. The van der Waals surface area contributed by atoms with Crippen molar-refractivity contribution in [1.82, 2.24) is 9.97 Å². The fourth-order valence-electron chi connectivity index (χ4n) is 1.83. The van der Waals surface area contributed by atoms with Crippen LogP contribution in [0.2, 0.25) is 0 Å². The molecular weight excluding hydrogens is 202 g/mol. The number of nitrogens with one attached hydrogen (secondary N) is 1. The van der Waals surface area contributed by atoms with Gasteiger partial charge in [-0.15, -0.1) is 0 Å². The number of hydrogen-bond acceptors (Lipinski definition) is 3. The van der Waals surface area contributed by atoms with E-state index >= 15 is 0 Å². The minimum absolute atomic E-state index is 0.0829. The van der Waals surface area contributed by atoms with E-state index in [0.29, 0.717) is 5.82 Å². The van der Waals surface area contributed by atoms with Crippen molar-refractivity contribution in [1.29, 1.82) is 0 Å². The van der Waals surface area contributed by atoms with Gasteiger partial charge in [-0.2, -0.15) is 0 Å². The summed E-state index contributed by atoms with van der Waals surface area (Å²) in [6.07, 6.45) is 1.79. The van der Waals surface area contributed by atoms with Crippen LogP contribution in [0, 0.1) is 13.8 Å². The first kappa shape index (κ1) is 10.7. The Hall–Kier alpha value is -1.81. The lowest BCUT2D eigenvalue weighted by Crippen LogP contribution is -1.95. The minimum Gasteiger partial charge on any atom is -0.398 e. The summed E-state index contributed by atoms with van der Waals surface area (Å²) < 4.78 is 0. The number of benzene rings is 1. The Morgan fingerprint density at radius 2 is 2.12 bits per heavy atom. The molecule has 1 aromatic heterocycles. The van der Waals surface area contributed by atoms with Crippen LogP contribution in [0.1, 0.15) is 17.0 Å². The summed E-state index contributed by atoms with van der Waals surface area (Å²) in [6, 6.07) is 3.87. The normalized spacial score (nSPS) is 10.7. The van der Waals surface area contributed by atoms with E-state index in [4.69, 9.17) is 10.8 Å². The molecule has 0 bridgehead atoms. The van der Waals surface area contributed by atoms with Gasteiger partial charge in [-0.25, -0.2) is 4.98 Å². The van der Waals surface area contributed by atoms with E-state index in [1.165, 1.54) is 0 Å². The number of imidazole rings is 1. The molecule has 84 valence electrons. The average Bonchev–Trinajstić information content (AvgIpc) is 2.73. The number of nitrogens with two attached hydrogens (primary N) is 1. The zero-order valence-corrected chi connectivity index (χ0v) is 9.41. The highest BCUT2D eigenvalue weighted by atomic mass is 16.3. The molecule has 0 atom stereocenters. The molecular formula is C12H15N3O. The van der Waals surface area contributed by atoms with Gasteiger partial charge in [0.25, 0.3) is 0 Å². The van der Waals surface area contributed by atoms with E-state index in [2.05, 4.69) is 9.97 Å². The third-order valence-corrected chi connectivity index (χ3v) is 2.75. The largest absolute Gasteiger partial charge is 0.398 e. The van der Waals surface area contributed by atoms with Crippen molar-refractivity contribution >= 4 is 5.69 Å². The standard InChI is InChI=1S/C12H15N3O/c1-7-3-4-9(13)8(2)12(7)10-5-14-11(6-16)15-10/h3-5,16H,6,13H2,1-2H3,(H,14,15). The molecule has 0 unspecified atom stereocenters. The van der Waals surface area contributed by atoms with Crippen molar-refractivity contribution < 1.29 is 5.11 Å². The van der Waals surface area contributed by atoms with Crippen LogP contribution in [-0.4, -0.2) is 15.1 Å². The van der Waals surface area contributed by atoms with Gasteiger partial charge in [0.05, 0.1) is 5.69 Å². The summed E-state index contributed by atoms with van der Waals surface area (Å²) in [6.45, 7) is 3.92.